The fourth-order valence-electron chi connectivity index (χ4n) is 1.70. The molecule has 1 heterocycles. The van der Waals surface area contributed by atoms with Crippen molar-refractivity contribution in [3.63, 3.8) is 0 Å². The van der Waals surface area contributed by atoms with Gasteiger partial charge in [0.05, 0.1) is 13.2 Å². The average molecular weight is 239 g/mol. The molecule has 1 aliphatic heterocycles. The second-order valence-corrected chi connectivity index (χ2v) is 4.82. The van der Waals surface area contributed by atoms with E-state index in [-0.39, 0.29) is 13.2 Å². The SMILES string of the molecule is CC(C)(N)CN1CC(=O)N(CC(F)(F)F)C1. The van der Waals surface area contributed by atoms with Crippen molar-refractivity contribution < 1.29 is 18.0 Å². The largest absolute Gasteiger partial charge is 0.406 e. The van der Waals surface area contributed by atoms with Crippen LogP contribution in [0.2, 0.25) is 0 Å². The van der Waals surface area contributed by atoms with E-state index < -0.39 is 24.2 Å². The monoisotopic (exact) mass is 239 g/mol. The summed E-state index contributed by atoms with van der Waals surface area (Å²) in [5, 5.41) is 0. The van der Waals surface area contributed by atoms with Crippen molar-refractivity contribution in [3.8, 4) is 0 Å². The topological polar surface area (TPSA) is 49.6 Å². The molecule has 7 heteroatoms. The van der Waals surface area contributed by atoms with E-state index in [9.17, 15) is 18.0 Å². The summed E-state index contributed by atoms with van der Waals surface area (Å²) in [5.41, 5.74) is 5.22. The Morgan fingerprint density at radius 1 is 1.31 bits per heavy atom. The van der Waals surface area contributed by atoms with Gasteiger partial charge >= 0.3 is 6.18 Å². The van der Waals surface area contributed by atoms with Crippen LogP contribution < -0.4 is 5.73 Å². The second kappa shape index (κ2) is 4.21. The first-order chi connectivity index (χ1) is 7.07. The minimum absolute atomic E-state index is 0.00102. The average Bonchev–Trinajstić information content (AvgIpc) is 2.23. The van der Waals surface area contributed by atoms with Crippen LogP contribution in [0.3, 0.4) is 0 Å². The van der Waals surface area contributed by atoms with Crippen LogP contribution in [0, 0.1) is 0 Å². The van der Waals surface area contributed by atoms with E-state index >= 15 is 0 Å². The number of hydrogen-bond acceptors (Lipinski definition) is 3. The van der Waals surface area contributed by atoms with Crippen LogP contribution >= 0.6 is 0 Å². The third kappa shape index (κ3) is 4.36. The lowest BCUT2D eigenvalue weighted by atomic mass is 10.1. The van der Waals surface area contributed by atoms with Crippen LogP contribution in [0.4, 0.5) is 13.2 Å². The van der Waals surface area contributed by atoms with Crippen LogP contribution in [-0.4, -0.2) is 53.7 Å². The van der Waals surface area contributed by atoms with Crippen molar-refractivity contribution in [2.75, 3.05) is 26.3 Å². The maximum atomic E-state index is 12.1. The van der Waals surface area contributed by atoms with Gasteiger partial charge in [-0.1, -0.05) is 0 Å². The Morgan fingerprint density at radius 3 is 2.31 bits per heavy atom. The van der Waals surface area contributed by atoms with Crippen molar-refractivity contribution in [1.82, 2.24) is 9.80 Å². The first-order valence-corrected chi connectivity index (χ1v) is 4.93. The molecule has 2 N–H and O–H groups in total. The number of nitrogens with two attached hydrogens (primary N) is 1. The summed E-state index contributed by atoms with van der Waals surface area (Å²) in [6, 6.07) is 0. The van der Waals surface area contributed by atoms with E-state index in [1.807, 2.05) is 0 Å². The lowest BCUT2D eigenvalue weighted by Crippen LogP contribution is -2.45. The minimum atomic E-state index is -4.34. The maximum absolute atomic E-state index is 12.1. The molecule has 94 valence electrons. The van der Waals surface area contributed by atoms with Gasteiger partial charge in [-0.05, 0) is 13.8 Å². The highest BCUT2D eigenvalue weighted by atomic mass is 19.4. The Bertz CT molecular complexity index is 272. The summed E-state index contributed by atoms with van der Waals surface area (Å²) >= 11 is 0. The Hall–Kier alpha value is -0.820. The van der Waals surface area contributed by atoms with Gasteiger partial charge in [0.15, 0.2) is 0 Å². The number of hydrogen-bond donors (Lipinski definition) is 1. The quantitative estimate of drug-likeness (QED) is 0.775. The predicted molar refractivity (Wildman–Crippen MR) is 52.5 cm³/mol. The Labute approximate surface area is 92.2 Å². The standard InChI is InChI=1S/C9H16F3N3O/c1-8(2,13)4-14-3-7(16)15(6-14)5-9(10,11)12/h3-6,13H2,1-2H3. The smallest absolute Gasteiger partial charge is 0.324 e. The van der Waals surface area contributed by atoms with Gasteiger partial charge in [-0.15, -0.1) is 0 Å². The fourth-order valence-corrected chi connectivity index (χ4v) is 1.70. The highest BCUT2D eigenvalue weighted by Gasteiger charge is 2.38. The predicted octanol–water partition coefficient (Wildman–Crippen LogP) is 0.388. The summed E-state index contributed by atoms with van der Waals surface area (Å²) in [6.07, 6.45) is -4.34. The molecule has 0 aromatic carbocycles. The van der Waals surface area contributed by atoms with Crippen molar-refractivity contribution in [3.05, 3.63) is 0 Å². The van der Waals surface area contributed by atoms with Crippen molar-refractivity contribution >= 4 is 5.91 Å². The Balaban J connectivity index is 2.51. The summed E-state index contributed by atoms with van der Waals surface area (Å²) in [7, 11) is 0. The lowest BCUT2D eigenvalue weighted by molar-refractivity contribution is -0.157. The zero-order valence-corrected chi connectivity index (χ0v) is 9.34. The van der Waals surface area contributed by atoms with Crippen molar-refractivity contribution in [2.24, 2.45) is 5.73 Å². The summed E-state index contributed by atoms with van der Waals surface area (Å²) in [5.74, 6) is -0.499. The van der Waals surface area contributed by atoms with Crippen LogP contribution in [0.25, 0.3) is 0 Å². The highest BCUT2D eigenvalue weighted by Crippen LogP contribution is 2.19. The molecular weight excluding hydrogens is 223 g/mol. The van der Waals surface area contributed by atoms with Gasteiger partial charge in [-0.3, -0.25) is 9.69 Å². The zero-order chi connectivity index (χ0) is 12.6. The molecule has 1 aliphatic rings. The molecule has 1 saturated heterocycles. The van der Waals surface area contributed by atoms with Gasteiger partial charge in [-0.2, -0.15) is 13.2 Å². The fraction of sp³-hybridized carbons (Fsp3) is 0.889. The number of alkyl halides is 3. The van der Waals surface area contributed by atoms with Gasteiger partial charge in [-0.25, -0.2) is 0 Å². The van der Waals surface area contributed by atoms with E-state index in [0.29, 0.717) is 6.54 Å². The van der Waals surface area contributed by atoms with E-state index in [2.05, 4.69) is 0 Å². The molecule has 1 amide bonds. The number of carbonyl (C=O) groups is 1. The van der Waals surface area contributed by atoms with E-state index in [0.717, 1.165) is 4.90 Å². The molecule has 0 aliphatic carbocycles. The van der Waals surface area contributed by atoms with Crippen molar-refractivity contribution in [1.29, 1.82) is 0 Å². The molecule has 0 atom stereocenters. The number of halogens is 3. The Kier molecular flexibility index (Phi) is 3.49. The molecule has 0 unspecified atom stereocenters. The molecule has 4 nitrogen and oxygen atoms in total. The van der Waals surface area contributed by atoms with Crippen LogP contribution in [0.5, 0.6) is 0 Å². The molecular formula is C9H16F3N3O. The van der Waals surface area contributed by atoms with Gasteiger partial charge in [0.1, 0.15) is 6.54 Å². The van der Waals surface area contributed by atoms with Crippen molar-refractivity contribution in [2.45, 2.75) is 25.6 Å². The first kappa shape index (κ1) is 13.2. The second-order valence-electron chi connectivity index (χ2n) is 4.82. The van der Waals surface area contributed by atoms with Gasteiger partial charge in [0.25, 0.3) is 0 Å². The number of amides is 1. The molecule has 0 spiro atoms. The minimum Gasteiger partial charge on any atom is -0.324 e. The van der Waals surface area contributed by atoms with Gasteiger partial charge in [0, 0.05) is 12.1 Å². The van der Waals surface area contributed by atoms with E-state index in [1.165, 1.54) is 0 Å². The molecule has 0 radical (unpaired) electrons. The van der Waals surface area contributed by atoms with Crippen LogP contribution in [-0.2, 0) is 4.79 Å². The molecule has 0 aromatic heterocycles. The first-order valence-electron chi connectivity index (χ1n) is 4.93. The normalized spacial score (nSPS) is 19.6. The van der Waals surface area contributed by atoms with E-state index in [4.69, 9.17) is 5.73 Å². The van der Waals surface area contributed by atoms with Gasteiger partial charge < -0.3 is 10.6 Å². The molecule has 1 rings (SSSR count). The Morgan fingerprint density at radius 2 is 1.88 bits per heavy atom. The molecule has 1 fully saturated rings. The van der Waals surface area contributed by atoms with Crippen LogP contribution in [0.1, 0.15) is 13.8 Å². The van der Waals surface area contributed by atoms with E-state index in [1.54, 1.807) is 18.7 Å². The maximum Gasteiger partial charge on any atom is 0.406 e. The third-order valence-corrected chi connectivity index (χ3v) is 2.08. The summed E-state index contributed by atoms with van der Waals surface area (Å²) in [4.78, 5) is 13.7. The summed E-state index contributed by atoms with van der Waals surface area (Å²) < 4.78 is 36.3. The number of nitrogens with zero attached hydrogens (tertiary/aromatic N) is 2. The highest BCUT2D eigenvalue weighted by molar-refractivity contribution is 5.80. The molecule has 0 saturated carbocycles. The number of rotatable bonds is 3. The number of carbonyl (C=O) groups excluding carboxylic acids is 1. The molecule has 0 aromatic rings. The lowest BCUT2D eigenvalue weighted by Gasteiger charge is -2.25. The molecule has 16 heavy (non-hydrogen) atoms. The molecule has 0 bridgehead atoms. The zero-order valence-electron chi connectivity index (χ0n) is 9.34. The van der Waals surface area contributed by atoms with Gasteiger partial charge in [0.2, 0.25) is 5.91 Å². The summed E-state index contributed by atoms with van der Waals surface area (Å²) in [6.45, 7) is 2.75. The van der Waals surface area contributed by atoms with Crippen LogP contribution in [0.15, 0.2) is 0 Å². The third-order valence-electron chi connectivity index (χ3n) is 2.08.